The molecule has 8 nitrogen and oxygen atoms in total. The molecule has 2 aromatic rings. The molecule has 0 saturated heterocycles. The average Bonchev–Trinajstić information content (AvgIpc) is 3.00. The summed E-state index contributed by atoms with van der Waals surface area (Å²) >= 11 is 2.59. The Labute approximate surface area is 142 Å². The van der Waals surface area contributed by atoms with Crippen LogP contribution in [0.3, 0.4) is 0 Å². The summed E-state index contributed by atoms with van der Waals surface area (Å²) < 4.78 is 1.07. The van der Waals surface area contributed by atoms with E-state index in [9.17, 15) is 4.79 Å². The van der Waals surface area contributed by atoms with Gasteiger partial charge in [-0.2, -0.15) is 9.52 Å². The second-order valence-electron chi connectivity index (χ2n) is 4.70. The number of nitrogens with one attached hydrogen (secondary N) is 1. The minimum absolute atomic E-state index is 0.185. The number of carbonyl (C=O) groups is 1. The quantitative estimate of drug-likeness (QED) is 0.470. The van der Waals surface area contributed by atoms with Crippen molar-refractivity contribution in [3.8, 4) is 10.6 Å². The predicted octanol–water partition coefficient (Wildman–Crippen LogP) is 2.41. The Morgan fingerprint density at radius 1 is 1.52 bits per heavy atom. The van der Waals surface area contributed by atoms with Gasteiger partial charge >= 0.3 is 6.03 Å². The van der Waals surface area contributed by atoms with E-state index in [1.54, 1.807) is 24.0 Å². The molecule has 0 aromatic carbocycles. The fraction of sp³-hybridized carbons (Fsp3) is 0.308. The topological polar surface area (TPSA) is 109 Å². The van der Waals surface area contributed by atoms with Gasteiger partial charge in [0.15, 0.2) is 0 Å². The number of urea groups is 1. The van der Waals surface area contributed by atoms with Crippen molar-refractivity contribution in [1.29, 1.82) is 0 Å². The van der Waals surface area contributed by atoms with Crippen molar-refractivity contribution in [3.05, 3.63) is 23.5 Å². The van der Waals surface area contributed by atoms with Crippen LogP contribution >= 0.6 is 23.3 Å². The Kier molecular flexibility index (Phi) is 5.88. The molecule has 2 aromatic heterocycles. The molecule has 0 aliphatic rings. The summed E-state index contributed by atoms with van der Waals surface area (Å²) in [5, 5.41) is 7.18. The minimum Gasteiger partial charge on any atom is -0.352 e. The second-order valence-corrected chi connectivity index (χ2v) is 6.30. The smallest absolute Gasteiger partial charge is 0.345 e. The third-order valence-corrected chi connectivity index (χ3v) is 3.92. The molecule has 0 saturated carbocycles. The first-order valence-electron chi connectivity index (χ1n) is 6.71. The Bertz CT molecular complexity index is 688. The van der Waals surface area contributed by atoms with Gasteiger partial charge in [-0.15, -0.1) is 11.3 Å². The van der Waals surface area contributed by atoms with Gasteiger partial charge < -0.3 is 11.1 Å². The van der Waals surface area contributed by atoms with Gasteiger partial charge in [-0.1, -0.05) is 0 Å². The Balaban J connectivity index is 2.36. The minimum atomic E-state index is -0.647. The van der Waals surface area contributed by atoms with Crippen LogP contribution in [0.5, 0.6) is 0 Å². The molecular weight excluding hydrogens is 334 g/mol. The fourth-order valence-corrected chi connectivity index (χ4v) is 2.53. The van der Waals surface area contributed by atoms with Crippen molar-refractivity contribution in [2.45, 2.75) is 19.9 Å². The molecule has 0 fully saturated rings. The van der Waals surface area contributed by atoms with Crippen LogP contribution < -0.4 is 11.1 Å². The number of primary amides is 1. The SMILES string of the molecule is CSN(/N=C/c1cc(-c2cncs2)nc(NC(C)C)n1)C(N)=O. The maximum absolute atomic E-state index is 11.2. The third-order valence-electron chi connectivity index (χ3n) is 2.50. The van der Waals surface area contributed by atoms with Crippen LogP contribution in [-0.2, 0) is 0 Å². The summed E-state index contributed by atoms with van der Waals surface area (Å²) in [5.41, 5.74) is 8.25. The van der Waals surface area contributed by atoms with Crippen LogP contribution in [-0.4, -0.2) is 43.9 Å². The molecule has 0 atom stereocenters. The number of amides is 2. The monoisotopic (exact) mass is 351 g/mol. The van der Waals surface area contributed by atoms with Crippen LogP contribution in [0.25, 0.3) is 10.6 Å². The highest BCUT2D eigenvalue weighted by Crippen LogP contribution is 2.22. The second kappa shape index (κ2) is 7.88. The normalized spacial score (nSPS) is 11.1. The van der Waals surface area contributed by atoms with E-state index in [4.69, 9.17) is 5.73 Å². The van der Waals surface area contributed by atoms with Gasteiger partial charge in [-0.05, 0) is 31.9 Å². The summed E-state index contributed by atoms with van der Waals surface area (Å²) in [6, 6.07) is 1.32. The van der Waals surface area contributed by atoms with Crippen molar-refractivity contribution in [2.75, 3.05) is 11.6 Å². The highest BCUT2D eigenvalue weighted by molar-refractivity contribution is 7.96. The Morgan fingerprint density at radius 3 is 2.87 bits per heavy atom. The first-order chi connectivity index (χ1) is 11.0. The Hall–Kier alpha value is -2.20. The van der Waals surface area contributed by atoms with Crippen molar-refractivity contribution in [2.24, 2.45) is 10.8 Å². The lowest BCUT2D eigenvalue weighted by atomic mass is 10.3. The molecule has 2 amide bonds. The number of nitrogens with zero attached hydrogens (tertiary/aromatic N) is 5. The number of carbonyl (C=O) groups excluding carboxylic acids is 1. The summed E-state index contributed by atoms with van der Waals surface area (Å²) in [6.07, 6.45) is 4.92. The zero-order valence-electron chi connectivity index (χ0n) is 12.9. The molecule has 2 rings (SSSR count). The lowest BCUT2D eigenvalue weighted by molar-refractivity contribution is 0.236. The number of anilines is 1. The largest absolute Gasteiger partial charge is 0.352 e. The van der Waals surface area contributed by atoms with Crippen LogP contribution in [0.4, 0.5) is 10.7 Å². The molecule has 10 heteroatoms. The standard InChI is InChI=1S/C13H17N7OS2/c1-8(2)17-13-18-9(5-16-20(22-3)12(14)21)4-10(19-13)11-6-15-7-23-11/h4-8H,1-3H3,(H2,14,21)(H,17,18,19)/b16-5+. The fourth-order valence-electron chi connectivity index (χ4n) is 1.63. The van der Waals surface area contributed by atoms with Crippen molar-refractivity contribution in [3.63, 3.8) is 0 Å². The van der Waals surface area contributed by atoms with E-state index in [-0.39, 0.29) is 6.04 Å². The van der Waals surface area contributed by atoms with E-state index in [0.29, 0.717) is 11.6 Å². The van der Waals surface area contributed by atoms with Crippen LogP contribution in [0, 0.1) is 0 Å². The van der Waals surface area contributed by atoms with E-state index in [1.165, 1.54) is 17.6 Å². The third kappa shape index (κ3) is 4.89. The van der Waals surface area contributed by atoms with E-state index in [1.807, 2.05) is 13.8 Å². The lowest BCUT2D eigenvalue weighted by Gasteiger charge is -2.11. The van der Waals surface area contributed by atoms with Crippen molar-refractivity contribution >= 4 is 41.5 Å². The molecule has 23 heavy (non-hydrogen) atoms. The van der Waals surface area contributed by atoms with E-state index < -0.39 is 6.03 Å². The summed E-state index contributed by atoms with van der Waals surface area (Å²) in [6.45, 7) is 4.00. The summed E-state index contributed by atoms with van der Waals surface area (Å²) in [5.74, 6) is 0.488. The number of rotatable bonds is 6. The highest BCUT2D eigenvalue weighted by atomic mass is 32.2. The predicted molar refractivity (Wildman–Crippen MR) is 94.4 cm³/mol. The van der Waals surface area contributed by atoms with Gasteiger partial charge in [0.1, 0.15) is 0 Å². The van der Waals surface area contributed by atoms with E-state index in [2.05, 4.69) is 25.4 Å². The van der Waals surface area contributed by atoms with Gasteiger partial charge in [0.05, 0.1) is 28.0 Å². The number of hydrogen-bond acceptors (Lipinski definition) is 8. The maximum atomic E-state index is 11.2. The van der Waals surface area contributed by atoms with Gasteiger partial charge in [0.25, 0.3) is 0 Å². The molecule has 2 heterocycles. The van der Waals surface area contributed by atoms with E-state index >= 15 is 0 Å². The van der Waals surface area contributed by atoms with Gasteiger partial charge in [0.2, 0.25) is 5.95 Å². The first kappa shape index (κ1) is 17.2. The number of thiazole rings is 1. The van der Waals surface area contributed by atoms with Crippen molar-refractivity contribution in [1.82, 2.24) is 19.4 Å². The number of nitrogens with two attached hydrogens (primary N) is 1. The molecule has 0 spiro atoms. The molecule has 0 aliphatic heterocycles. The number of hydrogen-bond donors (Lipinski definition) is 2. The molecule has 0 aliphatic carbocycles. The molecule has 3 N–H and O–H groups in total. The van der Waals surface area contributed by atoms with Gasteiger partial charge in [0, 0.05) is 18.5 Å². The molecule has 122 valence electrons. The van der Waals surface area contributed by atoms with E-state index in [0.717, 1.165) is 26.9 Å². The summed E-state index contributed by atoms with van der Waals surface area (Å²) in [7, 11) is 0. The molecule has 0 bridgehead atoms. The van der Waals surface area contributed by atoms with Crippen LogP contribution in [0.1, 0.15) is 19.5 Å². The summed E-state index contributed by atoms with van der Waals surface area (Å²) in [4.78, 5) is 25.0. The molecular formula is C13H17N7OS2. The van der Waals surface area contributed by atoms with Crippen molar-refractivity contribution < 1.29 is 4.79 Å². The Morgan fingerprint density at radius 2 is 2.30 bits per heavy atom. The number of hydrazone groups is 1. The lowest BCUT2D eigenvalue weighted by Crippen LogP contribution is -2.25. The molecule has 0 unspecified atom stereocenters. The zero-order chi connectivity index (χ0) is 16.8. The van der Waals surface area contributed by atoms with Gasteiger partial charge in [-0.3, -0.25) is 4.98 Å². The average molecular weight is 351 g/mol. The van der Waals surface area contributed by atoms with Crippen LogP contribution in [0.15, 0.2) is 22.9 Å². The molecule has 0 radical (unpaired) electrons. The zero-order valence-corrected chi connectivity index (χ0v) is 14.6. The van der Waals surface area contributed by atoms with Gasteiger partial charge in [-0.25, -0.2) is 14.8 Å². The highest BCUT2D eigenvalue weighted by Gasteiger charge is 2.09. The first-order valence-corrected chi connectivity index (χ1v) is 8.78. The maximum Gasteiger partial charge on any atom is 0.345 e. The van der Waals surface area contributed by atoms with Crippen LogP contribution in [0.2, 0.25) is 0 Å². The number of aromatic nitrogens is 3.